The molecule has 2 heterocycles. The first-order valence-corrected chi connectivity index (χ1v) is 7.64. The van der Waals surface area contributed by atoms with Gasteiger partial charge < -0.3 is 5.32 Å². The Kier molecular flexibility index (Phi) is 3.74. The number of aromatic nitrogens is 2. The SMILES string of the molecule is Cc1cnn(C)c1S(=O)(=O)NC1CCCNC1C. The van der Waals surface area contributed by atoms with E-state index in [2.05, 4.69) is 15.1 Å². The number of piperidine rings is 1. The van der Waals surface area contributed by atoms with Crippen LogP contribution in [-0.4, -0.2) is 36.8 Å². The highest BCUT2D eigenvalue weighted by Crippen LogP contribution is 2.16. The number of nitrogens with one attached hydrogen (secondary N) is 2. The average Bonchev–Trinajstić information content (AvgIpc) is 2.62. The minimum absolute atomic E-state index is 0.0574. The van der Waals surface area contributed by atoms with Gasteiger partial charge in [0, 0.05) is 24.7 Å². The minimum Gasteiger partial charge on any atom is -0.313 e. The molecule has 1 saturated heterocycles. The van der Waals surface area contributed by atoms with E-state index in [9.17, 15) is 8.42 Å². The highest BCUT2D eigenvalue weighted by Gasteiger charge is 2.29. The lowest BCUT2D eigenvalue weighted by molar-refractivity contribution is 0.348. The third-order valence-electron chi connectivity index (χ3n) is 3.38. The van der Waals surface area contributed by atoms with Crippen molar-refractivity contribution in [1.82, 2.24) is 19.8 Å². The second-order valence-corrected chi connectivity index (χ2v) is 6.50. The molecule has 1 aliphatic rings. The van der Waals surface area contributed by atoms with Crippen molar-refractivity contribution >= 4 is 10.0 Å². The lowest BCUT2D eigenvalue weighted by Gasteiger charge is -2.30. The van der Waals surface area contributed by atoms with Crippen LogP contribution >= 0.6 is 0 Å². The van der Waals surface area contributed by atoms with Crippen LogP contribution in [-0.2, 0) is 17.1 Å². The Hall–Kier alpha value is -0.920. The molecule has 0 aliphatic carbocycles. The molecule has 0 amide bonds. The fourth-order valence-electron chi connectivity index (χ4n) is 2.38. The van der Waals surface area contributed by atoms with Gasteiger partial charge in [0.05, 0.1) is 6.20 Å². The Bertz CT molecular complexity index is 504. The van der Waals surface area contributed by atoms with Crippen molar-refractivity contribution < 1.29 is 8.42 Å². The average molecular weight is 272 g/mol. The van der Waals surface area contributed by atoms with Crippen LogP contribution in [0.2, 0.25) is 0 Å². The maximum absolute atomic E-state index is 12.3. The molecule has 7 heteroatoms. The van der Waals surface area contributed by atoms with E-state index in [-0.39, 0.29) is 17.1 Å². The van der Waals surface area contributed by atoms with E-state index in [1.807, 2.05) is 6.92 Å². The van der Waals surface area contributed by atoms with Gasteiger partial charge in [0.2, 0.25) is 0 Å². The first-order valence-electron chi connectivity index (χ1n) is 6.16. The van der Waals surface area contributed by atoms with Crippen molar-refractivity contribution in [3.05, 3.63) is 11.8 Å². The largest absolute Gasteiger partial charge is 0.313 e. The molecule has 102 valence electrons. The summed E-state index contributed by atoms with van der Waals surface area (Å²) in [6.07, 6.45) is 3.42. The summed E-state index contributed by atoms with van der Waals surface area (Å²) in [5.41, 5.74) is 0.668. The minimum atomic E-state index is -3.50. The van der Waals surface area contributed by atoms with Crippen LogP contribution in [0.25, 0.3) is 0 Å². The van der Waals surface area contributed by atoms with Gasteiger partial charge in [-0.25, -0.2) is 13.1 Å². The zero-order valence-electron chi connectivity index (χ0n) is 11.0. The molecule has 0 aromatic carbocycles. The number of nitrogens with zero attached hydrogens (tertiary/aromatic N) is 2. The molecular formula is C11H20N4O2S. The van der Waals surface area contributed by atoms with E-state index in [1.165, 1.54) is 4.68 Å². The summed E-state index contributed by atoms with van der Waals surface area (Å²) < 4.78 is 28.9. The van der Waals surface area contributed by atoms with Gasteiger partial charge in [-0.15, -0.1) is 0 Å². The molecule has 2 N–H and O–H groups in total. The van der Waals surface area contributed by atoms with Crippen molar-refractivity contribution in [3.8, 4) is 0 Å². The van der Waals surface area contributed by atoms with E-state index in [0.29, 0.717) is 5.56 Å². The Morgan fingerprint density at radius 1 is 1.56 bits per heavy atom. The summed E-state index contributed by atoms with van der Waals surface area (Å²) in [6, 6.07) is 0.0973. The highest BCUT2D eigenvalue weighted by atomic mass is 32.2. The van der Waals surface area contributed by atoms with Gasteiger partial charge >= 0.3 is 0 Å². The van der Waals surface area contributed by atoms with E-state index >= 15 is 0 Å². The topological polar surface area (TPSA) is 76.0 Å². The van der Waals surface area contributed by atoms with Crippen molar-refractivity contribution in [2.45, 2.75) is 43.8 Å². The van der Waals surface area contributed by atoms with Crippen LogP contribution in [0, 0.1) is 6.92 Å². The fraction of sp³-hybridized carbons (Fsp3) is 0.727. The summed E-state index contributed by atoms with van der Waals surface area (Å²) in [5, 5.41) is 7.51. The van der Waals surface area contributed by atoms with Gasteiger partial charge in [-0.2, -0.15) is 5.10 Å². The Morgan fingerprint density at radius 2 is 2.28 bits per heavy atom. The first kappa shape index (κ1) is 13.5. The lowest BCUT2D eigenvalue weighted by Crippen LogP contribution is -2.52. The Morgan fingerprint density at radius 3 is 2.83 bits per heavy atom. The van der Waals surface area contributed by atoms with E-state index in [0.717, 1.165) is 19.4 Å². The number of sulfonamides is 1. The Balaban J connectivity index is 2.22. The smallest absolute Gasteiger partial charge is 0.258 e. The molecule has 0 saturated carbocycles. The third-order valence-corrected chi connectivity index (χ3v) is 5.09. The van der Waals surface area contributed by atoms with Gasteiger partial charge in [0.25, 0.3) is 10.0 Å². The first-order chi connectivity index (χ1) is 8.42. The molecule has 2 atom stereocenters. The normalized spacial score (nSPS) is 25.3. The monoisotopic (exact) mass is 272 g/mol. The van der Waals surface area contributed by atoms with Crippen LogP contribution in [0.3, 0.4) is 0 Å². The summed E-state index contributed by atoms with van der Waals surface area (Å²) in [7, 11) is -1.86. The zero-order valence-corrected chi connectivity index (χ0v) is 11.8. The molecule has 2 rings (SSSR count). The molecule has 18 heavy (non-hydrogen) atoms. The van der Waals surface area contributed by atoms with Gasteiger partial charge in [-0.3, -0.25) is 4.68 Å². The summed E-state index contributed by atoms with van der Waals surface area (Å²) >= 11 is 0. The number of rotatable bonds is 3. The number of hydrogen-bond acceptors (Lipinski definition) is 4. The van der Waals surface area contributed by atoms with Gasteiger partial charge in [-0.05, 0) is 33.2 Å². The van der Waals surface area contributed by atoms with Crippen LogP contribution < -0.4 is 10.0 Å². The van der Waals surface area contributed by atoms with E-state index < -0.39 is 10.0 Å². The highest BCUT2D eigenvalue weighted by molar-refractivity contribution is 7.89. The van der Waals surface area contributed by atoms with Gasteiger partial charge in [0.1, 0.15) is 0 Å². The lowest BCUT2D eigenvalue weighted by atomic mass is 10.0. The van der Waals surface area contributed by atoms with Crippen molar-refractivity contribution in [2.24, 2.45) is 7.05 Å². The molecule has 1 fully saturated rings. The molecule has 1 aromatic heterocycles. The predicted molar refractivity (Wildman–Crippen MR) is 68.8 cm³/mol. The van der Waals surface area contributed by atoms with Gasteiger partial charge in [0.15, 0.2) is 5.03 Å². The van der Waals surface area contributed by atoms with E-state index in [4.69, 9.17) is 0 Å². The maximum Gasteiger partial charge on any atom is 0.258 e. The zero-order chi connectivity index (χ0) is 13.3. The quantitative estimate of drug-likeness (QED) is 0.821. The fourth-order valence-corrected chi connectivity index (χ4v) is 4.09. The molecule has 0 spiro atoms. The van der Waals surface area contributed by atoms with Crippen molar-refractivity contribution in [1.29, 1.82) is 0 Å². The molecule has 0 bridgehead atoms. The second-order valence-electron chi connectivity index (χ2n) is 4.87. The molecule has 1 aliphatic heterocycles. The van der Waals surface area contributed by atoms with Crippen molar-refractivity contribution in [2.75, 3.05) is 6.54 Å². The Labute approximate surface area is 108 Å². The summed E-state index contributed by atoms with van der Waals surface area (Å²) in [4.78, 5) is 0. The summed E-state index contributed by atoms with van der Waals surface area (Å²) in [5.74, 6) is 0. The van der Waals surface area contributed by atoms with Gasteiger partial charge in [-0.1, -0.05) is 0 Å². The molecule has 0 radical (unpaired) electrons. The molecule has 1 aromatic rings. The molecule has 2 unspecified atom stereocenters. The maximum atomic E-state index is 12.3. The third kappa shape index (κ3) is 2.57. The predicted octanol–water partition coefficient (Wildman–Crippen LogP) is 0.147. The van der Waals surface area contributed by atoms with E-state index in [1.54, 1.807) is 20.2 Å². The number of aryl methyl sites for hydroxylation is 2. The standard InChI is InChI=1S/C11H20N4O2S/c1-8-7-13-15(3)11(8)18(16,17)14-10-5-4-6-12-9(10)2/h7,9-10,12,14H,4-6H2,1-3H3. The van der Waals surface area contributed by atoms with Crippen molar-refractivity contribution in [3.63, 3.8) is 0 Å². The van der Waals surface area contributed by atoms with Crippen LogP contribution in [0.4, 0.5) is 0 Å². The molecule has 6 nitrogen and oxygen atoms in total. The second kappa shape index (κ2) is 4.99. The number of hydrogen-bond donors (Lipinski definition) is 2. The van der Waals surface area contributed by atoms with Crippen LogP contribution in [0.5, 0.6) is 0 Å². The summed E-state index contributed by atoms with van der Waals surface area (Å²) in [6.45, 7) is 4.71. The molecular weight excluding hydrogens is 252 g/mol. The van der Waals surface area contributed by atoms with Crippen LogP contribution in [0.15, 0.2) is 11.2 Å². The van der Waals surface area contributed by atoms with Crippen LogP contribution in [0.1, 0.15) is 25.3 Å².